The maximum Gasteiger partial charge on any atom is 0.141 e. The number of hydrogen-bond acceptors (Lipinski definition) is 5. The lowest BCUT2D eigenvalue weighted by Crippen LogP contribution is -2.17. The average Bonchev–Trinajstić information content (AvgIpc) is 2.96. The van der Waals surface area contributed by atoms with Crippen molar-refractivity contribution in [3.8, 4) is 0 Å². The average molecular weight is 323 g/mol. The zero-order valence-electron chi connectivity index (χ0n) is 12.7. The van der Waals surface area contributed by atoms with Gasteiger partial charge in [0.25, 0.3) is 0 Å². The molecule has 0 saturated carbocycles. The van der Waals surface area contributed by atoms with Crippen LogP contribution in [-0.4, -0.2) is 20.3 Å². The Balaban J connectivity index is 1.77. The molecule has 0 fully saturated rings. The number of benzene rings is 1. The van der Waals surface area contributed by atoms with Gasteiger partial charge in [0.15, 0.2) is 0 Å². The lowest BCUT2D eigenvalue weighted by atomic mass is 9.83. The van der Waals surface area contributed by atoms with Crippen molar-refractivity contribution in [2.75, 3.05) is 5.73 Å². The number of anilines is 1. The molecule has 1 aromatic heterocycles. The number of fused-ring (bicyclic) bond motifs is 3. The number of aliphatic hydroxyl groups is 1. The molecule has 1 aromatic carbocycles. The van der Waals surface area contributed by atoms with Crippen molar-refractivity contribution in [2.45, 2.75) is 23.7 Å². The van der Waals surface area contributed by atoms with Crippen LogP contribution in [-0.2, 0) is 6.61 Å². The molecule has 4 rings (SSSR count). The normalized spacial score (nSPS) is 22.2. The maximum absolute atomic E-state index is 9.36. The molecule has 0 amide bonds. The Kier molecular flexibility index (Phi) is 3.47. The Morgan fingerprint density at radius 2 is 2.04 bits per heavy atom. The third kappa shape index (κ3) is 2.28. The van der Waals surface area contributed by atoms with Gasteiger partial charge in [-0.2, -0.15) is 0 Å². The van der Waals surface area contributed by atoms with Gasteiger partial charge in [-0.25, -0.2) is 9.97 Å². The second kappa shape index (κ2) is 5.51. The molecule has 5 heteroatoms. The van der Waals surface area contributed by atoms with Crippen molar-refractivity contribution < 1.29 is 5.11 Å². The summed E-state index contributed by atoms with van der Waals surface area (Å²) in [5.41, 5.74) is 11.6. The Labute approximate surface area is 139 Å². The van der Waals surface area contributed by atoms with Crippen LogP contribution in [0.2, 0.25) is 0 Å². The third-order valence-corrected chi connectivity index (χ3v) is 6.04. The lowest BCUT2D eigenvalue weighted by molar-refractivity contribution is 0.282. The van der Waals surface area contributed by atoms with E-state index in [-0.39, 0.29) is 6.61 Å². The van der Waals surface area contributed by atoms with E-state index in [0.717, 1.165) is 21.7 Å². The second-order valence-electron chi connectivity index (χ2n) is 5.87. The second-order valence-corrected chi connectivity index (χ2v) is 7.02. The van der Waals surface area contributed by atoms with Gasteiger partial charge in [-0.3, -0.25) is 0 Å². The number of nitrogen functional groups attached to an aromatic ring is 1. The van der Waals surface area contributed by atoms with E-state index >= 15 is 0 Å². The first-order valence-corrected chi connectivity index (χ1v) is 8.46. The molecule has 2 atom stereocenters. The summed E-state index contributed by atoms with van der Waals surface area (Å²) in [5, 5.41) is 9.67. The SMILES string of the molecule is CC1C(c2cccc(CO)c2)=CC=C2c3ncnc(N)c3SC21. The van der Waals surface area contributed by atoms with E-state index in [1.807, 2.05) is 12.1 Å². The number of allylic oxidation sites excluding steroid dienone is 3. The van der Waals surface area contributed by atoms with E-state index in [4.69, 9.17) is 5.73 Å². The maximum atomic E-state index is 9.36. The number of aliphatic hydroxyl groups excluding tert-OH is 1. The van der Waals surface area contributed by atoms with Crippen molar-refractivity contribution in [2.24, 2.45) is 5.92 Å². The van der Waals surface area contributed by atoms with Gasteiger partial charge in [-0.15, -0.1) is 11.8 Å². The minimum atomic E-state index is 0.0618. The van der Waals surface area contributed by atoms with Crippen LogP contribution < -0.4 is 5.73 Å². The predicted octanol–water partition coefficient (Wildman–Crippen LogP) is 3.14. The number of nitrogens with zero attached hydrogens (tertiary/aromatic N) is 2. The number of hydrogen-bond donors (Lipinski definition) is 2. The molecule has 1 aliphatic carbocycles. The molecule has 2 unspecified atom stereocenters. The zero-order chi connectivity index (χ0) is 16.0. The zero-order valence-corrected chi connectivity index (χ0v) is 13.5. The minimum Gasteiger partial charge on any atom is -0.392 e. The summed E-state index contributed by atoms with van der Waals surface area (Å²) in [6.07, 6.45) is 5.85. The fourth-order valence-corrected chi connectivity index (χ4v) is 4.66. The smallest absolute Gasteiger partial charge is 0.141 e. The quantitative estimate of drug-likeness (QED) is 0.888. The van der Waals surface area contributed by atoms with E-state index in [9.17, 15) is 5.11 Å². The summed E-state index contributed by atoms with van der Waals surface area (Å²) < 4.78 is 0. The van der Waals surface area contributed by atoms with E-state index in [1.54, 1.807) is 11.8 Å². The van der Waals surface area contributed by atoms with Gasteiger partial charge < -0.3 is 10.8 Å². The molecule has 2 aromatic rings. The highest BCUT2D eigenvalue weighted by molar-refractivity contribution is 8.01. The summed E-state index contributed by atoms with van der Waals surface area (Å²) in [6, 6.07) is 8.09. The largest absolute Gasteiger partial charge is 0.392 e. The van der Waals surface area contributed by atoms with E-state index in [0.29, 0.717) is 17.0 Å². The summed E-state index contributed by atoms with van der Waals surface area (Å²) in [7, 11) is 0. The molecule has 2 aliphatic rings. The van der Waals surface area contributed by atoms with Crippen molar-refractivity contribution in [1.29, 1.82) is 0 Å². The van der Waals surface area contributed by atoms with E-state index < -0.39 is 0 Å². The Morgan fingerprint density at radius 1 is 1.22 bits per heavy atom. The highest BCUT2D eigenvalue weighted by Crippen LogP contribution is 2.53. The minimum absolute atomic E-state index is 0.0618. The molecule has 0 bridgehead atoms. The fourth-order valence-electron chi connectivity index (χ4n) is 3.28. The van der Waals surface area contributed by atoms with Crippen molar-refractivity contribution in [3.63, 3.8) is 0 Å². The summed E-state index contributed by atoms with van der Waals surface area (Å²) >= 11 is 1.75. The Hall–Kier alpha value is -2.11. The number of thioether (sulfide) groups is 1. The molecule has 3 N–H and O–H groups in total. The highest BCUT2D eigenvalue weighted by Gasteiger charge is 2.37. The molecule has 0 radical (unpaired) electrons. The topological polar surface area (TPSA) is 72.0 Å². The third-order valence-electron chi connectivity index (χ3n) is 4.49. The van der Waals surface area contributed by atoms with Gasteiger partial charge in [0, 0.05) is 5.25 Å². The number of nitrogens with two attached hydrogens (primary N) is 1. The van der Waals surface area contributed by atoms with Crippen LogP contribution in [0.4, 0.5) is 5.82 Å². The lowest BCUT2D eigenvalue weighted by Gasteiger charge is -2.26. The molecule has 116 valence electrons. The van der Waals surface area contributed by atoms with E-state index in [1.165, 1.54) is 17.5 Å². The number of rotatable bonds is 2. The Morgan fingerprint density at radius 3 is 2.87 bits per heavy atom. The summed E-state index contributed by atoms with van der Waals surface area (Å²) in [4.78, 5) is 9.52. The van der Waals surface area contributed by atoms with Crippen LogP contribution in [0.3, 0.4) is 0 Å². The van der Waals surface area contributed by atoms with Gasteiger partial charge in [0.2, 0.25) is 0 Å². The van der Waals surface area contributed by atoms with Crippen molar-refractivity contribution in [3.05, 3.63) is 59.6 Å². The van der Waals surface area contributed by atoms with Crippen molar-refractivity contribution in [1.82, 2.24) is 9.97 Å². The molecular formula is C18H17N3OS. The van der Waals surface area contributed by atoms with Crippen LogP contribution in [0.15, 0.2) is 47.6 Å². The molecule has 0 saturated heterocycles. The van der Waals surface area contributed by atoms with Crippen LogP contribution in [0.25, 0.3) is 11.1 Å². The predicted molar refractivity (Wildman–Crippen MR) is 93.6 cm³/mol. The van der Waals surface area contributed by atoms with Gasteiger partial charge >= 0.3 is 0 Å². The molecule has 0 spiro atoms. The standard InChI is InChI=1S/C18H17N3OS/c1-10-13(12-4-2-3-11(7-12)8-22)5-6-14-15-17(23-16(10)14)18(19)21-9-20-15/h2-7,9-10,16,22H,8H2,1H3,(H2,19,20,21). The Bertz CT molecular complexity index is 844. The first kappa shape index (κ1) is 14.5. The van der Waals surface area contributed by atoms with E-state index in [2.05, 4.69) is 41.2 Å². The van der Waals surface area contributed by atoms with Crippen LogP contribution in [0.1, 0.15) is 23.7 Å². The molecule has 4 nitrogen and oxygen atoms in total. The first-order valence-electron chi connectivity index (χ1n) is 7.58. The van der Waals surface area contributed by atoms with Gasteiger partial charge in [0.05, 0.1) is 17.2 Å². The van der Waals surface area contributed by atoms with Crippen molar-refractivity contribution >= 4 is 28.7 Å². The van der Waals surface area contributed by atoms with Crippen LogP contribution >= 0.6 is 11.8 Å². The van der Waals surface area contributed by atoms with Gasteiger partial charge in [0.1, 0.15) is 12.1 Å². The highest BCUT2D eigenvalue weighted by atomic mass is 32.2. The fraction of sp³-hybridized carbons (Fsp3) is 0.222. The number of aromatic nitrogens is 2. The van der Waals surface area contributed by atoms with Crippen LogP contribution in [0, 0.1) is 5.92 Å². The van der Waals surface area contributed by atoms with Gasteiger partial charge in [-0.1, -0.05) is 37.3 Å². The van der Waals surface area contributed by atoms with Gasteiger partial charge in [-0.05, 0) is 34.3 Å². The van der Waals surface area contributed by atoms with Crippen LogP contribution in [0.5, 0.6) is 0 Å². The monoisotopic (exact) mass is 323 g/mol. The molecule has 2 heterocycles. The molecule has 1 aliphatic heterocycles. The summed E-state index contributed by atoms with van der Waals surface area (Å²) in [6.45, 7) is 2.30. The summed E-state index contributed by atoms with van der Waals surface area (Å²) in [5.74, 6) is 0.897. The molecule has 23 heavy (non-hydrogen) atoms. The first-order chi connectivity index (χ1) is 11.2. The molecular weight excluding hydrogens is 306 g/mol.